The highest BCUT2D eigenvalue weighted by Gasteiger charge is 2.18. The molecule has 0 spiro atoms. The summed E-state index contributed by atoms with van der Waals surface area (Å²) in [5.74, 6) is 1.60. The molecular formula is C29H25Br3N4O3. The van der Waals surface area contributed by atoms with Crippen molar-refractivity contribution in [3.05, 3.63) is 94.8 Å². The topological polar surface area (TPSA) is 89.5 Å². The van der Waals surface area contributed by atoms with E-state index in [4.69, 9.17) is 14.5 Å². The van der Waals surface area contributed by atoms with E-state index < -0.39 is 0 Å². The molecule has 0 fully saturated rings. The van der Waals surface area contributed by atoms with Crippen molar-refractivity contribution in [1.82, 2.24) is 9.66 Å². The average molecular weight is 717 g/mol. The van der Waals surface area contributed by atoms with Crippen molar-refractivity contribution >= 4 is 64.9 Å². The van der Waals surface area contributed by atoms with Crippen LogP contribution in [0.25, 0.3) is 10.9 Å². The van der Waals surface area contributed by atoms with Crippen LogP contribution in [0.5, 0.6) is 11.5 Å². The smallest absolute Gasteiger partial charge is 0.282 e. The Bertz CT molecular complexity index is 1640. The minimum Gasteiger partial charge on any atom is -0.490 e. The summed E-state index contributed by atoms with van der Waals surface area (Å²) in [7, 11) is 0. The first kappa shape index (κ1) is 29.0. The lowest BCUT2D eigenvalue weighted by molar-refractivity contribution is 0.267. The zero-order valence-electron chi connectivity index (χ0n) is 21.4. The van der Waals surface area contributed by atoms with Crippen molar-refractivity contribution in [3.8, 4) is 17.6 Å². The van der Waals surface area contributed by atoms with Crippen LogP contribution in [0.3, 0.4) is 0 Å². The van der Waals surface area contributed by atoms with Crippen LogP contribution in [0.4, 0.5) is 0 Å². The second kappa shape index (κ2) is 13.4. The predicted octanol–water partition coefficient (Wildman–Crippen LogP) is 7.76. The molecule has 4 rings (SSSR count). The van der Waals surface area contributed by atoms with Gasteiger partial charge in [-0.05, 0) is 75.5 Å². The Morgan fingerprint density at radius 3 is 2.62 bits per heavy atom. The van der Waals surface area contributed by atoms with Crippen LogP contribution < -0.4 is 15.0 Å². The summed E-state index contributed by atoms with van der Waals surface area (Å²) in [6.07, 6.45) is 4.08. The Kier molecular flexibility index (Phi) is 9.94. The van der Waals surface area contributed by atoms with Crippen LogP contribution in [-0.2, 0) is 13.0 Å². The maximum absolute atomic E-state index is 13.4. The van der Waals surface area contributed by atoms with Gasteiger partial charge in [0.2, 0.25) is 0 Å². The molecule has 0 unspecified atom stereocenters. The highest BCUT2D eigenvalue weighted by Crippen LogP contribution is 2.43. The second-order valence-electron chi connectivity index (χ2n) is 8.57. The van der Waals surface area contributed by atoms with E-state index >= 15 is 0 Å². The van der Waals surface area contributed by atoms with Gasteiger partial charge in [-0.15, -0.1) is 0 Å². The molecule has 200 valence electrons. The Labute approximate surface area is 251 Å². The van der Waals surface area contributed by atoms with Crippen molar-refractivity contribution in [1.29, 1.82) is 5.26 Å². The van der Waals surface area contributed by atoms with Crippen molar-refractivity contribution in [2.24, 2.45) is 5.10 Å². The molecule has 0 atom stereocenters. The number of hydrogen-bond donors (Lipinski definition) is 0. The Morgan fingerprint density at radius 1 is 1.08 bits per heavy atom. The third-order valence-corrected chi connectivity index (χ3v) is 8.54. The van der Waals surface area contributed by atoms with E-state index in [9.17, 15) is 10.1 Å². The monoisotopic (exact) mass is 714 g/mol. The number of aromatic nitrogens is 2. The largest absolute Gasteiger partial charge is 0.490 e. The number of fused-ring (bicyclic) bond motifs is 1. The number of ether oxygens (including phenoxy) is 2. The molecule has 0 aliphatic heterocycles. The third kappa shape index (κ3) is 6.60. The molecule has 0 radical (unpaired) electrons. The molecule has 0 saturated carbocycles. The quantitative estimate of drug-likeness (QED) is 0.157. The van der Waals surface area contributed by atoms with E-state index in [0.717, 1.165) is 22.9 Å². The summed E-state index contributed by atoms with van der Waals surface area (Å²) in [4.78, 5) is 18.2. The maximum atomic E-state index is 13.4. The number of rotatable bonds is 10. The molecule has 0 aliphatic rings. The lowest BCUT2D eigenvalue weighted by Gasteiger charge is -2.17. The first-order valence-corrected chi connectivity index (χ1v) is 14.8. The lowest BCUT2D eigenvalue weighted by atomic mass is 10.1. The number of nitrogens with zero attached hydrogens (tertiary/aromatic N) is 4. The summed E-state index contributed by atoms with van der Waals surface area (Å²) in [5.41, 5.74) is 2.40. The van der Waals surface area contributed by atoms with Gasteiger partial charge in [0.05, 0.1) is 39.8 Å². The summed E-state index contributed by atoms with van der Waals surface area (Å²) >= 11 is 10.7. The number of unbranched alkanes of at least 4 members (excludes halogenated alkanes) is 1. The Balaban J connectivity index is 1.75. The summed E-state index contributed by atoms with van der Waals surface area (Å²) in [6, 6.07) is 16.7. The fourth-order valence-corrected chi connectivity index (χ4v) is 5.23. The van der Waals surface area contributed by atoms with Gasteiger partial charge in [0, 0.05) is 26.5 Å². The van der Waals surface area contributed by atoms with E-state index in [-0.39, 0.29) is 12.2 Å². The lowest BCUT2D eigenvalue weighted by Crippen LogP contribution is -2.22. The van der Waals surface area contributed by atoms with E-state index in [1.165, 1.54) is 4.68 Å². The number of halogens is 3. The standard InChI is InChI=1S/C29H25Br3N4O3/c1-3-5-10-25-35-23-12-11-21(30)14-22(23)29(37)36(25)34-16-20-13-24(38-4-2)28(27(32)26(20)31)39-17-19-9-7-6-8-18(19)15-33/h6-9,11-14,16H,3-5,10,17H2,1-2H3. The van der Waals surface area contributed by atoms with Crippen molar-refractivity contribution in [2.45, 2.75) is 39.7 Å². The summed E-state index contributed by atoms with van der Waals surface area (Å²) in [5, 5.41) is 14.5. The van der Waals surface area contributed by atoms with Crippen molar-refractivity contribution in [3.63, 3.8) is 0 Å². The van der Waals surface area contributed by atoms with Gasteiger partial charge in [0.15, 0.2) is 11.5 Å². The van der Waals surface area contributed by atoms with E-state index in [1.54, 1.807) is 24.4 Å². The fourth-order valence-electron chi connectivity index (χ4n) is 3.93. The third-order valence-electron chi connectivity index (χ3n) is 5.91. The zero-order valence-corrected chi connectivity index (χ0v) is 26.1. The highest BCUT2D eigenvalue weighted by atomic mass is 79.9. The molecule has 0 N–H and O–H groups in total. The van der Waals surface area contributed by atoms with Crippen LogP contribution in [0.15, 0.2) is 71.8 Å². The van der Waals surface area contributed by atoms with E-state index in [1.807, 2.05) is 37.3 Å². The molecule has 7 nitrogen and oxygen atoms in total. The molecule has 0 saturated heterocycles. The fraction of sp³-hybridized carbons (Fsp3) is 0.241. The summed E-state index contributed by atoms with van der Waals surface area (Å²) < 4.78 is 15.5. The molecule has 0 aliphatic carbocycles. The van der Waals surface area contributed by atoms with Gasteiger partial charge in [-0.25, -0.2) is 4.98 Å². The van der Waals surface area contributed by atoms with Crippen LogP contribution in [0.1, 0.15) is 49.2 Å². The first-order chi connectivity index (χ1) is 18.9. The van der Waals surface area contributed by atoms with E-state index in [0.29, 0.717) is 61.3 Å². The molecule has 10 heteroatoms. The molecule has 1 aromatic heterocycles. The van der Waals surface area contributed by atoms with Crippen LogP contribution >= 0.6 is 47.8 Å². The van der Waals surface area contributed by atoms with Gasteiger partial charge in [-0.3, -0.25) is 4.79 Å². The zero-order chi connectivity index (χ0) is 27.9. The first-order valence-electron chi connectivity index (χ1n) is 12.4. The molecule has 39 heavy (non-hydrogen) atoms. The SMILES string of the molecule is CCCCc1nc2ccc(Br)cc2c(=O)n1N=Cc1cc(OCC)c(OCc2ccccc2C#N)c(Br)c1Br. The highest BCUT2D eigenvalue weighted by molar-refractivity contribution is 9.13. The normalized spacial score (nSPS) is 11.2. The Morgan fingerprint density at radius 2 is 1.87 bits per heavy atom. The average Bonchev–Trinajstić information content (AvgIpc) is 2.94. The van der Waals surface area contributed by atoms with Gasteiger partial charge in [-0.2, -0.15) is 15.0 Å². The minimum atomic E-state index is -0.236. The van der Waals surface area contributed by atoms with Crippen LogP contribution in [-0.4, -0.2) is 22.5 Å². The molecule has 4 aromatic rings. The minimum absolute atomic E-state index is 0.191. The van der Waals surface area contributed by atoms with Gasteiger partial charge in [0.1, 0.15) is 12.4 Å². The van der Waals surface area contributed by atoms with Gasteiger partial charge >= 0.3 is 0 Å². The van der Waals surface area contributed by atoms with Crippen LogP contribution in [0.2, 0.25) is 0 Å². The van der Waals surface area contributed by atoms with Gasteiger partial charge in [-0.1, -0.05) is 47.5 Å². The maximum Gasteiger partial charge on any atom is 0.282 e. The number of benzene rings is 3. The van der Waals surface area contributed by atoms with E-state index in [2.05, 4.69) is 65.9 Å². The molecular weight excluding hydrogens is 692 g/mol. The summed E-state index contributed by atoms with van der Waals surface area (Å²) in [6.45, 7) is 4.59. The number of nitriles is 1. The van der Waals surface area contributed by atoms with Crippen LogP contribution in [0, 0.1) is 11.3 Å². The Hall–Kier alpha value is -3.00. The van der Waals surface area contributed by atoms with Crippen molar-refractivity contribution in [2.75, 3.05) is 6.61 Å². The van der Waals surface area contributed by atoms with Crippen molar-refractivity contribution < 1.29 is 9.47 Å². The molecule has 0 amide bonds. The predicted molar refractivity (Wildman–Crippen MR) is 164 cm³/mol. The van der Waals surface area contributed by atoms with Gasteiger partial charge < -0.3 is 9.47 Å². The van der Waals surface area contributed by atoms with Gasteiger partial charge in [0.25, 0.3) is 5.56 Å². The molecule has 0 bridgehead atoms. The number of hydrogen-bond acceptors (Lipinski definition) is 6. The molecule has 1 heterocycles. The molecule has 3 aromatic carbocycles. The second-order valence-corrected chi connectivity index (χ2v) is 11.1. The number of aryl methyl sites for hydroxylation is 1.